The van der Waals surface area contributed by atoms with Crippen LogP contribution in [0.4, 0.5) is 0 Å². The number of likely N-dealkylation sites (tertiary alicyclic amines) is 1. The molecule has 0 unspecified atom stereocenters. The average molecular weight is 428 g/mol. The number of carbonyl (C=O) groups excluding carboxylic acids is 2. The van der Waals surface area contributed by atoms with E-state index in [1.807, 2.05) is 59.5 Å². The Balaban J connectivity index is 1.18. The lowest BCUT2D eigenvalue weighted by Gasteiger charge is -2.31. The minimum atomic E-state index is -0.243. The van der Waals surface area contributed by atoms with E-state index in [-0.39, 0.29) is 17.7 Å². The highest BCUT2D eigenvalue weighted by Gasteiger charge is 2.26. The number of amides is 2. The van der Waals surface area contributed by atoms with E-state index in [1.165, 1.54) is 0 Å². The van der Waals surface area contributed by atoms with Crippen LogP contribution in [0.3, 0.4) is 0 Å². The molecule has 1 fully saturated rings. The Bertz CT molecular complexity index is 1240. The van der Waals surface area contributed by atoms with Gasteiger partial charge in [0.2, 0.25) is 0 Å². The second-order valence-corrected chi connectivity index (χ2v) is 8.10. The van der Waals surface area contributed by atoms with Gasteiger partial charge in [-0.05, 0) is 53.9 Å². The highest BCUT2D eigenvalue weighted by Crippen LogP contribution is 2.28. The Kier molecular flexibility index (Phi) is 5.46. The van der Waals surface area contributed by atoms with Crippen LogP contribution in [0.1, 0.15) is 51.1 Å². The van der Waals surface area contributed by atoms with Crippen molar-refractivity contribution >= 4 is 22.6 Å². The number of hydrogen-bond donors (Lipinski definition) is 2. The van der Waals surface area contributed by atoms with Gasteiger partial charge in [-0.1, -0.05) is 30.3 Å². The monoisotopic (exact) mass is 428 g/mol. The molecule has 3 heterocycles. The third kappa shape index (κ3) is 4.14. The summed E-state index contributed by atoms with van der Waals surface area (Å²) in [5.74, 6) is 0.761. The van der Waals surface area contributed by atoms with Gasteiger partial charge in [-0.3, -0.25) is 14.7 Å². The van der Waals surface area contributed by atoms with Crippen LogP contribution in [0.25, 0.3) is 10.8 Å². The number of nitrogens with one attached hydrogen (secondary N) is 2. The molecule has 32 heavy (non-hydrogen) atoms. The lowest BCUT2D eigenvalue weighted by atomic mass is 9.93. The van der Waals surface area contributed by atoms with E-state index >= 15 is 0 Å². The van der Waals surface area contributed by atoms with Crippen molar-refractivity contribution in [1.29, 1.82) is 0 Å². The number of rotatable bonds is 5. The van der Waals surface area contributed by atoms with Crippen LogP contribution in [-0.2, 0) is 6.54 Å². The zero-order valence-electron chi connectivity index (χ0n) is 17.6. The molecule has 0 aliphatic carbocycles. The Morgan fingerprint density at radius 3 is 2.62 bits per heavy atom. The Hall–Kier alpha value is -3.87. The van der Waals surface area contributed by atoms with Crippen LogP contribution in [0.5, 0.6) is 0 Å². The number of nitrogens with zero attached hydrogens (tertiary/aromatic N) is 2. The summed E-state index contributed by atoms with van der Waals surface area (Å²) in [6.45, 7) is 1.67. The molecule has 0 radical (unpaired) electrons. The summed E-state index contributed by atoms with van der Waals surface area (Å²) < 4.78 is 5.23. The fraction of sp³-hybridized carbons (Fsp3) is 0.240. The topological polar surface area (TPSA) is 91.2 Å². The normalized spacial score (nSPS) is 14.6. The van der Waals surface area contributed by atoms with Crippen LogP contribution >= 0.6 is 0 Å². The van der Waals surface area contributed by atoms with Crippen LogP contribution in [0.15, 0.2) is 71.3 Å². The molecule has 1 aliphatic rings. The van der Waals surface area contributed by atoms with E-state index < -0.39 is 0 Å². The maximum atomic E-state index is 13.0. The molecule has 0 saturated carbocycles. The minimum Gasteiger partial charge on any atom is -0.467 e. The lowest BCUT2D eigenvalue weighted by Crippen LogP contribution is -2.38. The van der Waals surface area contributed by atoms with Crippen LogP contribution < -0.4 is 5.32 Å². The highest BCUT2D eigenvalue weighted by molar-refractivity contribution is 5.98. The second-order valence-electron chi connectivity index (χ2n) is 8.10. The molecule has 7 heteroatoms. The summed E-state index contributed by atoms with van der Waals surface area (Å²) in [7, 11) is 0. The van der Waals surface area contributed by atoms with Gasteiger partial charge in [-0.15, -0.1) is 0 Å². The third-order valence-corrected chi connectivity index (χ3v) is 6.05. The highest BCUT2D eigenvalue weighted by atomic mass is 16.3. The number of H-pyrrole nitrogens is 1. The van der Waals surface area contributed by atoms with Crippen molar-refractivity contribution in [2.24, 2.45) is 0 Å². The summed E-state index contributed by atoms with van der Waals surface area (Å²) in [6.07, 6.45) is 3.23. The van der Waals surface area contributed by atoms with Gasteiger partial charge in [0.25, 0.3) is 11.8 Å². The molecule has 0 atom stereocenters. The molecule has 0 spiro atoms. The quantitative estimate of drug-likeness (QED) is 0.501. The molecule has 2 aromatic heterocycles. The fourth-order valence-corrected chi connectivity index (χ4v) is 4.23. The number of aromatic amines is 1. The number of aromatic nitrogens is 2. The first-order valence-corrected chi connectivity index (χ1v) is 10.8. The van der Waals surface area contributed by atoms with E-state index in [2.05, 4.69) is 15.5 Å². The molecule has 2 aromatic carbocycles. The maximum absolute atomic E-state index is 13.0. The predicted molar refractivity (Wildman–Crippen MR) is 120 cm³/mol. The summed E-state index contributed by atoms with van der Waals surface area (Å²) >= 11 is 0. The molecule has 4 aromatic rings. The van der Waals surface area contributed by atoms with Crippen molar-refractivity contribution in [2.45, 2.75) is 25.3 Å². The van der Waals surface area contributed by atoms with Crippen LogP contribution in [-0.4, -0.2) is 40.0 Å². The van der Waals surface area contributed by atoms with Gasteiger partial charge >= 0.3 is 0 Å². The van der Waals surface area contributed by atoms with Crippen molar-refractivity contribution in [3.63, 3.8) is 0 Å². The first kappa shape index (κ1) is 20.1. The predicted octanol–water partition coefficient (Wildman–Crippen LogP) is 4.11. The van der Waals surface area contributed by atoms with Gasteiger partial charge in [0.15, 0.2) is 0 Å². The van der Waals surface area contributed by atoms with E-state index in [4.69, 9.17) is 4.42 Å². The zero-order valence-corrected chi connectivity index (χ0v) is 17.6. The van der Waals surface area contributed by atoms with E-state index in [0.717, 1.165) is 34.9 Å². The number of hydrogen-bond acceptors (Lipinski definition) is 4. The van der Waals surface area contributed by atoms with E-state index in [9.17, 15) is 9.59 Å². The van der Waals surface area contributed by atoms with Gasteiger partial charge in [-0.25, -0.2) is 0 Å². The number of fused-ring (bicyclic) bond motifs is 1. The molecule has 0 bridgehead atoms. The first-order valence-electron chi connectivity index (χ1n) is 10.8. The van der Waals surface area contributed by atoms with Gasteiger partial charge < -0.3 is 14.6 Å². The van der Waals surface area contributed by atoms with Crippen molar-refractivity contribution in [3.8, 4) is 0 Å². The lowest BCUT2D eigenvalue weighted by molar-refractivity contribution is 0.0712. The van der Waals surface area contributed by atoms with Crippen molar-refractivity contribution < 1.29 is 14.0 Å². The average Bonchev–Trinajstić information content (AvgIpc) is 3.54. The molecular weight excluding hydrogens is 404 g/mol. The van der Waals surface area contributed by atoms with Crippen molar-refractivity contribution in [1.82, 2.24) is 20.4 Å². The molecule has 162 valence electrons. The first-order chi connectivity index (χ1) is 15.7. The number of furan rings is 1. The number of piperidine rings is 1. The number of carbonyl (C=O) groups is 2. The largest absolute Gasteiger partial charge is 0.467 e. The van der Waals surface area contributed by atoms with Gasteiger partial charge in [-0.2, -0.15) is 5.10 Å². The van der Waals surface area contributed by atoms with Gasteiger partial charge in [0.05, 0.1) is 12.8 Å². The Morgan fingerprint density at radius 2 is 1.84 bits per heavy atom. The minimum absolute atomic E-state index is 0.0665. The standard InChI is InChI=1S/C25H24N4O3/c30-24(26-16-21-6-3-13-32-21)23-15-22(27-28-23)18-9-11-29(12-10-18)25(31)20-8-7-17-4-1-2-5-19(17)14-20/h1-8,13-15,18H,9-12,16H2,(H,26,30)(H,27,28). The molecule has 1 aliphatic heterocycles. The molecule has 5 rings (SSSR count). The Morgan fingerprint density at radius 1 is 1.03 bits per heavy atom. The summed E-state index contributed by atoms with van der Waals surface area (Å²) in [6, 6.07) is 19.3. The fourth-order valence-electron chi connectivity index (χ4n) is 4.23. The van der Waals surface area contributed by atoms with Crippen molar-refractivity contribution in [2.75, 3.05) is 13.1 Å². The molecule has 2 amide bonds. The smallest absolute Gasteiger partial charge is 0.272 e. The SMILES string of the molecule is O=C(NCc1ccco1)c1cc(C2CCN(C(=O)c3ccc4ccccc4c3)CC2)[nH]n1. The summed E-state index contributed by atoms with van der Waals surface area (Å²) in [4.78, 5) is 27.2. The summed E-state index contributed by atoms with van der Waals surface area (Å²) in [5, 5.41) is 12.2. The molecule has 2 N–H and O–H groups in total. The van der Waals surface area contributed by atoms with Gasteiger partial charge in [0, 0.05) is 30.3 Å². The van der Waals surface area contributed by atoms with Crippen LogP contribution in [0.2, 0.25) is 0 Å². The van der Waals surface area contributed by atoms with E-state index in [1.54, 1.807) is 12.3 Å². The molecular formula is C25H24N4O3. The maximum Gasteiger partial charge on any atom is 0.272 e. The van der Waals surface area contributed by atoms with Gasteiger partial charge in [0.1, 0.15) is 11.5 Å². The number of benzene rings is 2. The summed E-state index contributed by atoms with van der Waals surface area (Å²) in [5.41, 5.74) is 2.02. The van der Waals surface area contributed by atoms with Crippen molar-refractivity contribution in [3.05, 3.63) is 89.6 Å². The zero-order chi connectivity index (χ0) is 21.9. The second kappa shape index (κ2) is 8.70. The third-order valence-electron chi connectivity index (χ3n) is 6.05. The molecule has 1 saturated heterocycles. The van der Waals surface area contributed by atoms with Crippen LogP contribution in [0, 0.1) is 0 Å². The Labute approximate surface area is 185 Å². The molecule has 7 nitrogen and oxygen atoms in total. The van der Waals surface area contributed by atoms with E-state index in [0.29, 0.717) is 31.1 Å².